The van der Waals surface area contributed by atoms with Crippen LogP contribution in [0, 0.1) is 0 Å². The van der Waals surface area contributed by atoms with Gasteiger partial charge in [-0.3, -0.25) is 19.2 Å². The van der Waals surface area contributed by atoms with Gasteiger partial charge in [0, 0.05) is 24.9 Å². The lowest BCUT2D eigenvalue weighted by Crippen LogP contribution is -2.39. The molecule has 0 aliphatic rings. The van der Waals surface area contributed by atoms with E-state index < -0.39 is 24.3 Å². The van der Waals surface area contributed by atoms with Gasteiger partial charge < -0.3 is 20.3 Å². The molecule has 0 aliphatic carbocycles. The van der Waals surface area contributed by atoms with E-state index in [2.05, 4.69) is 10.6 Å². The molecule has 1 heterocycles. The molecule has 0 aromatic carbocycles. The number of nitrogens with zero attached hydrogens (tertiary/aromatic N) is 1. The lowest BCUT2D eigenvalue weighted by molar-refractivity contribution is -0.137. The van der Waals surface area contributed by atoms with E-state index in [1.165, 1.54) is 16.8 Å². The molecule has 8 heteroatoms. The van der Waals surface area contributed by atoms with Crippen LogP contribution in [0.2, 0.25) is 0 Å². The van der Waals surface area contributed by atoms with Gasteiger partial charge in [-0.05, 0) is 6.07 Å². The van der Waals surface area contributed by atoms with Gasteiger partial charge in [-0.25, -0.2) is 0 Å². The van der Waals surface area contributed by atoms with Crippen LogP contribution in [0.1, 0.15) is 10.4 Å². The predicted octanol–water partition coefficient (Wildman–Crippen LogP) is -1.68. The molecular formula is C11H13N3O5. The Labute approximate surface area is 108 Å². The van der Waals surface area contributed by atoms with Crippen molar-refractivity contribution < 1.29 is 19.5 Å². The van der Waals surface area contributed by atoms with Gasteiger partial charge in [0.25, 0.3) is 11.5 Å². The van der Waals surface area contributed by atoms with Gasteiger partial charge in [-0.15, -0.1) is 0 Å². The van der Waals surface area contributed by atoms with Gasteiger partial charge in [-0.1, -0.05) is 0 Å². The van der Waals surface area contributed by atoms with Crippen LogP contribution in [0.5, 0.6) is 0 Å². The van der Waals surface area contributed by atoms with Gasteiger partial charge in [0.1, 0.15) is 6.54 Å². The highest BCUT2D eigenvalue weighted by Gasteiger charge is 2.09. The number of carbonyl (C=O) groups is 3. The monoisotopic (exact) mass is 267 g/mol. The van der Waals surface area contributed by atoms with Crippen LogP contribution in [0.25, 0.3) is 0 Å². The van der Waals surface area contributed by atoms with Gasteiger partial charge >= 0.3 is 5.97 Å². The van der Waals surface area contributed by atoms with Crippen molar-refractivity contribution in [3.05, 3.63) is 34.2 Å². The summed E-state index contributed by atoms with van der Waals surface area (Å²) in [5.41, 5.74) is -0.211. The van der Waals surface area contributed by atoms with Crippen LogP contribution in [0.4, 0.5) is 0 Å². The molecule has 102 valence electrons. The quantitative estimate of drug-likeness (QED) is 0.588. The van der Waals surface area contributed by atoms with E-state index in [4.69, 9.17) is 5.11 Å². The Kier molecular flexibility index (Phi) is 4.81. The largest absolute Gasteiger partial charge is 0.480 e. The van der Waals surface area contributed by atoms with E-state index >= 15 is 0 Å². The Bertz CT molecular complexity index is 564. The molecule has 0 fully saturated rings. The molecule has 0 radical (unpaired) electrons. The van der Waals surface area contributed by atoms with Gasteiger partial charge in [0.05, 0.1) is 6.54 Å². The Morgan fingerprint density at radius 3 is 2.53 bits per heavy atom. The molecule has 0 bridgehead atoms. The summed E-state index contributed by atoms with van der Waals surface area (Å²) in [6.07, 6.45) is 1.43. The van der Waals surface area contributed by atoms with Crippen molar-refractivity contribution in [1.29, 1.82) is 0 Å². The van der Waals surface area contributed by atoms with Gasteiger partial charge in [0.15, 0.2) is 0 Å². The molecule has 19 heavy (non-hydrogen) atoms. The number of pyridine rings is 1. The molecule has 0 saturated carbocycles. The third-order valence-electron chi connectivity index (χ3n) is 2.21. The normalized spacial score (nSPS) is 9.74. The molecule has 0 spiro atoms. The number of aromatic nitrogens is 1. The minimum Gasteiger partial charge on any atom is -0.480 e. The molecule has 8 nitrogen and oxygen atoms in total. The second-order valence-electron chi connectivity index (χ2n) is 3.72. The van der Waals surface area contributed by atoms with E-state index in [-0.39, 0.29) is 17.7 Å². The van der Waals surface area contributed by atoms with Crippen LogP contribution in [-0.4, -0.2) is 40.5 Å². The van der Waals surface area contributed by atoms with Crippen LogP contribution in [0.3, 0.4) is 0 Å². The van der Waals surface area contributed by atoms with E-state index in [0.29, 0.717) is 0 Å². The maximum absolute atomic E-state index is 11.6. The highest BCUT2D eigenvalue weighted by Crippen LogP contribution is 1.93. The molecule has 3 N–H and O–H groups in total. The lowest BCUT2D eigenvalue weighted by atomic mass is 10.2. The summed E-state index contributed by atoms with van der Waals surface area (Å²) in [5.74, 6) is -2.38. The van der Waals surface area contributed by atoms with E-state index in [1.54, 1.807) is 7.05 Å². The van der Waals surface area contributed by atoms with Crippen LogP contribution < -0.4 is 16.2 Å². The SMILES string of the molecule is Cn1ccc(C(=O)NCC(=O)NCC(=O)O)cc1=O. The molecule has 1 aromatic heterocycles. The van der Waals surface area contributed by atoms with Crippen molar-refractivity contribution >= 4 is 17.8 Å². The van der Waals surface area contributed by atoms with E-state index in [9.17, 15) is 19.2 Å². The standard InChI is InChI=1S/C11H13N3O5/c1-14-3-2-7(4-9(14)16)11(19)13-5-8(15)12-6-10(17)18/h2-4H,5-6H2,1H3,(H,12,15)(H,13,19)(H,17,18). The molecule has 0 atom stereocenters. The summed E-state index contributed by atoms with van der Waals surface area (Å²) in [7, 11) is 1.55. The number of carbonyl (C=O) groups excluding carboxylic acids is 2. The zero-order valence-electron chi connectivity index (χ0n) is 10.2. The van der Waals surface area contributed by atoms with E-state index in [0.717, 1.165) is 6.07 Å². The predicted molar refractivity (Wildman–Crippen MR) is 64.7 cm³/mol. The number of aliphatic carboxylic acids is 1. The first-order chi connectivity index (χ1) is 8.90. The average molecular weight is 267 g/mol. The number of carboxylic acid groups (broad SMARTS) is 1. The summed E-state index contributed by atoms with van der Waals surface area (Å²) < 4.78 is 1.30. The Morgan fingerprint density at radius 2 is 1.95 bits per heavy atom. The Morgan fingerprint density at radius 1 is 1.26 bits per heavy atom. The van der Waals surface area contributed by atoms with Crippen LogP contribution in [-0.2, 0) is 16.6 Å². The fourth-order valence-corrected chi connectivity index (χ4v) is 1.19. The van der Waals surface area contributed by atoms with Crippen molar-refractivity contribution in [2.24, 2.45) is 7.05 Å². The van der Waals surface area contributed by atoms with Crippen LogP contribution >= 0.6 is 0 Å². The molecular weight excluding hydrogens is 254 g/mol. The summed E-state index contributed by atoms with van der Waals surface area (Å²) in [6.45, 7) is -0.873. The number of carboxylic acids is 1. The zero-order chi connectivity index (χ0) is 14.4. The summed E-state index contributed by atoms with van der Waals surface area (Å²) in [4.78, 5) is 44.2. The lowest BCUT2D eigenvalue weighted by Gasteiger charge is -2.05. The van der Waals surface area contributed by atoms with Crippen molar-refractivity contribution in [3.63, 3.8) is 0 Å². The third-order valence-corrected chi connectivity index (χ3v) is 2.21. The smallest absolute Gasteiger partial charge is 0.322 e. The number of hydrogen-bond donors (Lipinski definition) is 3. The Hall–Kier alpha value is -2.64. The molecule has 1 aromatic rings. The number of nitrogens with one attached hydrogen (secondary N) is 2. The first-order valence-electron chi connectivity index (χ1n) is 5.33. The highest BCUT2D eigenvalue weighted by atomic mass is 16.4. The van der Waals surface area contributed by atoms with Gasteiger partial charge in [0.2, 0.25) is 5.91 Å². The first kappa shape index (κ1) is 14.4. The third kappa shape index (κ3) is 4.62. The van der Waals surface area contributed by atoms with Crippen LogP contribution in [0.15, 0.2) is 23.1 Å². The maximum atomic E-state index is 11.6. The van der Waals surface area contributed by atoms with Crippen molar-refractivity contribution in [2.75, 3.05) is 13.1 Å². The average Bonchev–Trinajstić information content (AvgIpc) is 2.36. The molecule has 1 rings (SSSR count). The summed E-state index contributed by atoms with van der Waals surface area (Å²) in [5, 5.41) is 12.7. The second kappa shape index (κ2) is 6.34. The van der Waals surface area contributed by atoms with Crippen molar-refractivity contribution in [1.82, 2.24) is 15.2 Å². The number of aryl methyl sites for hydroxylation is 1. The fraction of sp³-hybridized carbons (Fsp3) is 0.273. The number of hydrogen-bond acceptors (Lipinski definition) is 4. The summed E-state index contributed by atoms with van der Waals surface area (Å²) in [6, 6.07) is 2.58. The first-order valence-corrected chi connectivity index (χ1v) is 5.33. The summed E-state index contributed by atoms with van der Waals surface area (Å²) >= 11 is 0. The topological polar surface area (TPSA) is 118 Å². The zero-order valence-corrected chi connectivity index (χ0v) is 10.2. The fourth-order valence-electron chi connectivity index (χ4n) is 1.19. The molecule has 2 amide bonds. The maximum Gasteiger partial charge on any atom is 0.322 e. The molecule has 0 saturated heterocycles. The number of amides is 2. The number of rotatable bonds is 5. The van der Waals surface area contributed by atoms with Gasteiger partial charge in [-0.2, -0.15) is 0 Å². The second-order valence-corrected chi connectivity index (χ2v) is 3.72. The van der Waals surface area contributed by atoms with E-state index in [1.807, 2.05) is 0 Å². The van der Waals surface area contributed by atoms with Crippen molar-refractivity contribution in [2.45, 2.75) is 0 Å². The minimum absolute atomic E-state index is 0.133. The van der Waals surface area contributed by atoms with Crippen molar-refractivity contribution in [3.8, 4) is 0 Å². The Balaban J connectivity index is 2.51. The molecule has 0 unspecified atom stereocenters. The minimum atomic E-state index is -1.17. The highest BCUT2D eigenvalue weighted by molar-refractivity contribution is 5.96. The molecule has 0 aliphatic heterocycles.